The van der Waals surface area contributed by atoms with E-state index in [0.717, 1.165) is 0 Å². The third kappa shape index (κ3) is 3.92. The monoisotopic (exact) mass is 306 g/mol. The molecule has 22 heavy (non-hydrogen) atoms. The fourth-order valence-corrected chi connectivity index (χ4v) is 1.76. The number of carbonyl (C=O) groups is 2. The van der Waals surface area contributed by atoms with Gasteiger partial charge >= 0.3 is 11.8 Å². The Bertz CT molecular complexity index is 656. The average Bonchev–Trinajstić information content (AvgIpc) is 3.04. The highest BCUT2D eigenvalue weighted by Gasteiger charge is 2.16. The molecule has 2 aromatic rings. The first-order valence-corrected chi connectivity index (χ1v) is 6.65. The zero-order valence-corrected chi connectivity index (χ0v) is 11.6. The van der Waals surface area contributed by atoms with Crippen LogP contribution in [0, 0.1) is 5.82 Å². The zero-order chi connectivity index (χ0) is 15.9. The molecule has 0 unspecified atom stereocenters. The lowest BCUT2D eigenvalue weighted by Crippen LogP contribution is -2.36. The van der Waals surface area contributed by atoms with Crippen molar-refractivity contribution >= 4 is 17.5 Å². The molecule has 1 heterocycles. The molecule has 0 bridgehead atoms. The van der Waals surface area contributed by atoms with E-state index >= 15 is 0 Å². The number of amides is 2. The van der Waals surface area contributed by atoms with Crippen molar-refractivity contribution in [1.82, 2.24) is 5.32 Å². The minimum atomic E-state index is -0.978. The first-order chi connectivity index (χ1) is 10.6. The van der Waals surface area contributed by atoms with Crippen molar-refractivity contribution in [2.24, 2.45) is 0 Å². The summed E-state index contributed by atoms with van der Waals surface area (Å²) in [6.07, 6.45) is 1.81. The SMILES string of the molecule is O=C(NCCCO)C(=O)Nc1cc(-c2ccco2)ccc1F. The maximum Gasteiger partial charge on any atom is 0.313 e. The summed E-state index contributed by atoms with van der Waals surface area (Å²) in [6, 6.07) is 7.45. The molecule has 0 saturated carbocycles. The summed E-state index contributed by atoms with van der Waals surface area (Å²) in [5.74, 6) is -2.01. The van der Waals surface area contributed by atoms with Crippen LogP contribution in [-0.4, -0.2) is 30.1 Å². The van der Waals surface area contributed by atoms with E-state index in [9.17, 15) is 14.0 Å². The fraction of sp³-hybridized carbons (Fsp3) is 0.200. The molecule has 116 valence electrons. The second-order valence-corrected chi connectivity index (χ2v) is 4.46. The second-order valence-electron chi connectivity index (χ2n) is 4.46. The molecule has 1 aromatic heterocycles. The number of halogens is 1. The van der Waals surface area contributed by atoms with E-state index in [-0.39, 0.29) is 18.8 Å². The van der Waals surface area contributed by atoms with Gasteiger partial charge in [0.1, 0.15) is 11.6 Å². The van der Waals surface area contributed by atoms with Crippen LogP contribution in [0.4, 0.5) is 10.1 Å². The maximum atomic E-state index is 13.7. The molecule has 0 fully saturated rings. The minimum absolute atomic E-state index is 0.0955. The van der Waals surface area contributed by atoms with Crippen molar-refractivity contribution in [3.63, 3.8) is 0 Å². The van der Waals surface area contributed by atoms with E-state index in [1.807, 2.05) is 0 Å². The van der Waals surface area contributed by atoms with Crippen LogP contribution >= 0.6 is 0 Å². The molecule has 1 aromatic carbocycles. The molecule has 7 heteroatoms. The number of aliphatic hydroxyl groups excluding tert-OH is 1. The molecule has 0 spiro atoms. The first kappa shape index (κ1) is 15.7. The molecule has 2 amide bonds. The molecular weight excluding hydrogens is 291 g/mol. The Morgan fingerprint density at radius 3 is 2.73 bits per heavy atom. The lowest BCUT2D eigenvalue weighted by molar-refractivity contribution is -0.136. The van der Waals surface area contributed by atoms with E-state index in [4.69, 9.17) is 9.52 Å². The molecule has 0 saturated heterocycles. The molecule has 2 rings (SSSR count). The van der Waals surface area contributed by atoms with Gasteiger partial charge in [-0.05, 0) is 36.8 Å². The van der Waals surface area contributed by atoms with Gasteiger partial charge in [0.15, 0.2) is 0 Å². The summed E-state index contributed by atoms with van der Waals surface area (Å²) in [7, 11) is 0. The predicted molar refractivity (Wildman–Crippen MR) is 77.4 cm³/mol. The Morgan fingerprint density at radius 1 is 1.23 bits per heavy atom. The van der Waals surface area contributed by atoms with Crippen LogP contribution in [0.15, 0.2) is 41.0 Å². The molecule has 3 N–H and O–H groups in total. The lowest BCUT2D eigenvalue weighted by atomic mass is 10.1. The Morgan fingerprint density at radius 2 is 2.05 bits per heavy atom. The van der Waals surface area contributed by atoms with Gasteiger partial charge in [0, 0.05) is 18.7 Å². The minimum Gasteiger partial charge on any atom is -0.464 e. The number of anilines is 1. The highest BCUT2D eigenvalue weighted by atomic mass is 19.1. The van der Waals surface area contributed by atoms with Crippen molar-refractivity contribution in [3.8, 4) is 11.3 Å². The Hall–Kier alpha value is -2.67. The van der Waals surface area contributed by atoms with Crippen LogP contribution in [0.3, 0.4) is 0 Å². The number of hydrogen-bond donors (Lipinski definition) is 3. The summed E-state index contributed by atoms with van der Waals surface area (Å²) < 4.78 is 18.9. The number of aliphatic hydroxyl groups is 1. The van der Waals surface area contributed by atoms with Crippen LogP contribution in [0.25, 0.3) is 11.3 Å². The number of furan rings is 1. The predicted octanol–water partition coefficient (Wildman–Crippen LogP) is 1.52. The van der Waals surface area contributed by atoms with Crippen molar-refractivity contribution in [2.45, 2.75) is 6.42 Å². The quantitative estimate of drug-likeness (QED) is 0.577. The van der Waals surface area contributed by atoms with Crippen LogP contribution in [0.1, 0.15) is 6.42 Å². The second kappa shape index (κ2) is 7.37. The van der Waals surface area contributed by atoms with Crippen molar-refractivity contribution in [1.29, 1.82) is 0 Å². The van der Waals surface area contributed by atoms with E-state index in [1.54, 1.807) is 12.1 Å². The number of carbonyl (C=O) groups excluding carboxylic acids is 2. The van der Waals surface area contributed by atoms with Gasteiger partial charge in [-0.25, -0.2) is 4.39 Å². The topological polar surface area (TPSA) is 91.6 Å². The van der Waals surface area contributed by atoms with Crippen molar-refractivity contribution < 1.29 is 23.5 Å². The average molecular weight is 306 g/mol. The van der Waals surface area contributed by atoms with E-state index in [1.165, 1.54) is 24.5 Å². The van der Waals surface area contributed by atoms with Gasteiger partial charge in [-0.15, -0.1) is 0 Å². The lowest BCUT2D eigenvalue weighted by Gasteiger charge is -2.08. The van der Waals surface area contributed by atoms with E-state index < -0.39 is 17.6 Å². The third-order valence-corrected chi connectivity index (χ3v) is 2.85. The molecule has 0 aliphatic rings. The summed E-state index contributed by atoms with van der Waals surface area (Å²) in [5.41, 5.74) is 0.457. The Balaban J connectivity index is 2.07. The smallest absolute Gasteiger partial charge is 0.313 e. The number of benzene rings is 1. The number of rotatable bonds is 5. The van der Waals surface area contributed by atoms with Crippen molar-refractivity contribution in [2.75, 3.05) is 18.5 Å². The van der Waals surface area contributed by atoms with Crippen LogP contribution in [-0.2, 0) is 9.59 Å². The standard InChI is InChI=1S/C15H15FN2O4/c16-11-5-4-10(13-3-1-8-22-13)9-12(11)18-15(21)14(20)17-6-2-7-19/h1,3-5,8-9,19H,2,6-7H2,(H,17,20)(H,18,21). The van der Waals surface area contributed by atoms with Gasteiger partial charge in [0.25, 0.3) is 0 Å². The first-order valence-electron chi connectivity index (χ1n) is 6.65. The summed E-state index contributed by atoms with van der Waals surface area (Å²) in [4.78, 5) is 23.2. The van der Waals surface area contributed by atoms with E-state index in [0.29, 0.717) is 17.7 Å². The van der Waals surface area contributed by atoms with Crippen LogP contribution in [0.5, 0.6) is 0 Å². The zero-order valence-electron chi connectivity index (χ0n) is 11.6. The summed E-state index contributed by atoms with van der Waals surface area (Å²) >= 11 is 0. The van der Waals surface area contributed by atoms with Gasteiger partial charge in [0.2, 0.25) is 0 Å². The third-order valence-electron chi connectivity index (χ3n) is 2.85. The molecule has 6 nitrogen and oxygen atoms in total. The molecule has 0 atom stereocenters. The largest absolute Gasteiger partial charge is 0.464 e. The molecular formula is C15H15FN2O4. The van der Waals surface area contributed by atoms with E-state index in [2.05, 4.69) is 10.6 Å². The van der Waals surface area contributed by atoms with Gasteiger partial charge in [-0.3, -0.25) is 9.59 Å². The maximum absolute atomic E-state index is 13.7. The molecule has 0 radical (unpaired) electrons. The van der Waals surface area contributed by atoms with Gasteiger partial charge < -0.3 is 20.2 Å². The molecule has 0 aliphatic heterocycles. The Kier molecular flexibility index (Phi) is 5.26. The van der Waals surface area contributed by atoms with Crippen molar-refractivity contribution in [3.05, 3.63) is 42.4 Å². The number of hydrogen-bond acceptors (Lipinski definition) is 4. The normalized spacial score (nSPS) is 10.3. The summed E-state index contributed by atoms with van der Waals surface area (Å²) in [6.45, 7) is 0.0688. The summed E-state index contributed by atoms with van der Waals surface area (Å²) in [5, 5.41) is 13.1. The molecule has 0 aliphatic carbocycles. The van der Waals surface area contributed by atoms with Gasteiger partial charge in [-0.1, -0.05) is 0 Å². The fourth-order valence-electron chi connectivity index (χ4n) is 1.76. The highest BCUT2D eigenvalue weighted by molar-refractivity contribution is 6.39. The van der Waals surface area contributed by atoms with Gasteiger partial charge in [0.05, 0.1) is 12.0 Å². The van der Waals surface area contributed by atoms with Crippen LogP contribution in [0.2, 0.25) is 0 Å². The highest BCUT2D eigenvalue weighted by Crippen LogP contribution is 2.25. The van der Waals surface area contributed by atoms with Gasteiger partial charge in [-0.2, -0.15) is 0 Å². The Labute approximate surface area is 125 Å². The number of nitrogens with one attached hydrogen (secondary N) is 2. The van der Waals surface area contributed by atoms with Crippen LogP contribution < -0.4 is 10.6 Å².